The summed E-state index contributed by atoms with van der Waals surface area (Å²) in [6.07, 6.45) is 1.75. The van der Waals surface area contributed by atoms with Crippen LogP contribution in [0.1, 0.15) is 0 Å². The van der Waals surface area contributed by atoms with E-state index < -0.39 is 0 Å². The number of quaternary nitrogens is 1. The van der Waals surface area contributed by atoms with Gasteiger partial charge in [0.2, 0.25) is 0 Å². The van der Waals surface area contributed by atoms with Crippen molar-refractivity contribution < 1.29 is 4.90 Å². The highest BCUT2D eigenvalue weighted by molar-refractivity contribution is 5.59. The fourth-order valence-corrected chi connectivity index (χ4v) is 2.16. The Morgan fingerprint density at radius 1 is 0.900 bits per heavy atom. The first-order valence-corrected chi connectivity index (χ1v) is 6.62. The molecule has 0 bridgehead atoms. The van der Waals surface area contributed by atoms with Gasteiger partial charge in [-0.05, 0) is 36.4 Å². The van der Waals surface area contributed by atoms with Gasteiger partial charge in [0.15, 0.2) is 5.82 Å². The molecule has 0 aliphatic carbocycles. The Hall–Kier alpha value is -2.46. The summed E-state index contributed by atoms with van der Waals surface area (Å²) in [4.78, 5) is 1.31. The van der Waals surface area contributed by atoms with Crippen LogP contribution in [0.4, 0.5) is 5.69 Å². The van der Waals surface area contributed by atoms with Crippen LogP contribution in [-0.4, -0.2) is 28.9 Å². The van der Waals surface area contributed by atoms with Gasteiger partial charge in [0.25, 0.3) is 0 Å². The van der Waals surface area contributed by atoms with Gasteiger partial charge >= 0.3 is 0 Å². The monoisotopic (exact) mass is 265 g/mol. The van der Waals surface area contributed by atoms with Gasteiger partial charge in [-0.2, -0.15) is 0 Å². The van der Waals surface area contributed by atoms with E-state index in [9.17, 15) is 0 Å². The second-order valence-electron chi connectivity index (χ2n) is 4.94. The maximum absolute atomic E-state index is 4.24. The highest BCUT2D eigenvalue weighted by Gasteiger charge is 2.09. The maximum Gasteiger partial charge on any atom is 0.168 e. The minimum Gasteiger partial charge on any atom is -0.307 e. The third kappa shape index (κ3) is 2.33. The van der Waals surface area contributed by atoms with Gasteiger partial charge in [0.05, 0.1) is 14.1 Å². The fourth-order valence-electron chi connectivity index (χ4n) is 2.16. The summed E-state index contributed by atoms with van der Waals surface area (Å²) in [7, 11) is 4.23. The quantitative estimate of drug-likeness (QED) is 0.782. The van der Waals surface area contributed by atoms with Gasteiger partial charge < -0.3 is 4.90 Å². The zero-order valence-corrected chi connectivity index (χ0v) is 11.6. The third-order valence-corrected chi connectivity index (χ3v) is 3.30. The van der Waals surface area contributed by atoms with Gasteiger partial charge in [-0.25, -0.2) is 0 Å². The van der Waals surface area contributed by atoms with Gasteiger partial charge in [-0.1, -0.05) is 18.2 Å². The molecule has 0 atom stereocenters. The Bertz CT molecular complexity index is 684. The van der Waals surface area contributed by atoms with Crippen LogP contribution in [0.5, 0.6) is 0 Å². The van der Waals surface area contributed by atoms with E-state index in [-0.39, 0.29) is 0 Å². The van der Waals surface area contributed by atoms with Crippen molar-refractivity contribution in [3.05, 3.63) is 60.9 Å². The fraction of sp³-hybridized carbons (Fsp3) is 0.125. The van der Waals surface area contributed by atoms with E-state index in [1.807, 2.05) is 34.9 Å². The lowest BCUT2D eigenvalue weighted by molar-refractivity contribution is -0.786. The first kappa shape index (κ1) is 12.6. The number of nitrogens with one attached hydrogen (secondary N) is 1. The van der Waals surface area contributed by atoms with Crippen molar-refractivity contribution >= 4 is 5.69 Å². The summed E-state index contributed by atoms with van der Waals surface area (Å²) in [6, 6.07) is 18.5. The van der Waals surface area contributed by atoms with Crippen molar-refractivity contribution in [1.82, 2.24) is 14.8 Å². The largest absolute Gasteiger partial charge is 0.307 e. The second kappa shape index (κ2) is 5.27. The Morgan fingerprint density at radius 2 is 1.60 bits per heavy atom. The maximum atomic E-state index is 4.24. The number of hydrogen-bond acceptors (Lipinski definition) is 2. The van der Waals surface area contributed by atoms with Gasteiger partial charge in [0.1, 0.15) is 12.0 Å². The van der Waals surface area contributed by atoms with Crippen molar-refractivity contribution in [3.63, 3.8) is 0 Å². The standard InChI is InChI=1S/C16H16N4/c1-19(2)14-10-8-13(9-11-14)16-18-17-12-20(16)15-6-4-3-5-7-15/h3-12H,1-2H3/p+1. The van der Waals surface area contributed by atoms with E-state index in [4.69, 9.17) is 0 Å². The lowest BCUT2D eigenvalue weighted by Gasteiger charge is -2.09. The summed E-state index contributed by atoms with van der Waals surface area (Å²) >= 11 is 0. The molecule has 1 N–H and O–H groups in total. The van der Waals surface area contributed by atoms with Crippen molar-refractivity contribution in [3.8, 4) is 17.1 Å². The predicted octanol–water partition coefficient (Wildman–Crippen LogP) is 1.71. The molecule has 0 amide bonds. The summed E-state index contributed by atoms with van der Waals surface area (Å²) in [5, 5.41) is 8.28. The normalized spacial score (nSPS) is 10.9. The molecule has 1 heterocycles. The topological polar surface area (TPSA) is 35.2 Å². The smallest absolute Gasteiger partial charge is 0.168 e. The summed E-state index contributed by atoms with van der Waals surface area (Å²) in [6.45, 7) is 0. The molecule has 0 saturated carbocycles. The minimum absolute atomic E-state index is 0.858. The molecule has 0 saturated heterocycles. The number of benzene rings is 2. The molecular weight excluding hydrogens is 248 g/mol. The molecule has 20 heavy (non-hydrogen) atoms. The average molecular weight is 265 g/mol. The number of rotatable bonds is 3. The molecule has 0 aliphatic heterocycles. The summed E-state index contributed by atoms with van der Waals surface area (Å²) in [5.74, 6) is 0.858. The molecule has 0 spiro atoms. The number of nitrogens with zero attached hydrogens (tertiary/aromatic N) is 3. The second-order valence-corrected chi connectivity index (χ2v) is 4.94. The molecule has 4 heteroatoms. The van der Waals surface area contributed by atoms with E-state index in [2.05, 4.69) is 48.6 Å². The van der Waals surface area contributed by atoms with E-state index in [0.29, 0.717) is 0 Å². The Kier molecular flexibility index (Phi) is 3.31. The predicted molar refractivity (Wildman–Crippen MR) is 79.3 cm³/mol. The summed E-state index contributed by atoms with van der Waals surface area (Å²) in [5.41, 5.74) is 3.38. The molecule has 0 aliphatic rings. The van der Waals surface area contributed by atoms with Crippen LogP contribution in [0.3, 0.4) is 0 Å². The van der Waals surface area contributed by atoms with Crippen molar-refractivity contribution in [2.24, 2.45) is 0 Å². The van der Waals surface area contributed by atoms with Crippen LogP contribution >= 0.6 is 0 Å². The Morgan fingerprint density at radius 3 is 2.25 bits per heavy atom. The third-order valence-electron chi connectivity index (χ3n) is 3.30. The molecule has 100 valence electrons. The van der Waals surface area contributed by atoms with Crippen LogP contribution in [0.2, 0.25) is 0 Å². The van der Waals surface area contributed by atoms with Crippen molar-refractivity contribution in [1.29, 1.82) is 0 Å². The lowest BCUT2D eigenvalue weighted by atomic mass is 10.2. The van der Waals surface area contributed by atoms with Crippen LogP contribution in [0.25, 0.3) is 17.1 Å². The van der Waals surface area contributed by atoms with Gasteiger partial charge in [-0.15, -0.1) is 10.2 Å². The van der Waals surface area contributed by atoms with Crippen molar-refractivity contribution in [2.45, 2.75) is 0 Å². The van der Waals surface area contributed by atoms with Crippen molar-refractivity contribution in [2.75, 3.05) is 14.1 Å². The molecule has 4 nitrogen and oxygen atoms in total. The van der Waals surface area contributed by atoms with Gasteiger partial charge in [0, 0.05) is 11.3 Å². The molecule has 2 aromatic carbocycles. The molecule has 0 fully saturated rings. The number of aromatic nitrogens is 3. The van der Waals surface area contributed by atoms with Crippen LogP contribution in [-0.2, 0) is 0 Å². The first-order chi connectivity index (χ1) is 9.75. The molecule has 0 unspecified atom stereocenters. The van der Waals surface area contributed by atoms with E-state index >= 15 is 0 Å². The van der Waals surface area contributed by atoms with E-state index in [1.54, 1.807) is 6.33 Å². The number of hydrogen-bond donors (Lipinski definition) is 1. The minimum atomic E-state index is 0.858. The first-order valence-electron chi connectivity index (χ1n) is 6.62. The molecular formula is C16H17N4+. The van der Waals surface area contributed by atoms with Gasteiger partial charge in [-0.3, -0.25) is 4.57 Å². The highest BCUT2D eigenvalue weighted by Crippen LogP contribution is 2.21. The SMILES string of the molecule is C[NH+](C)c1ccc(-c2nncn2-c2ccccc2)cc1. The molecule has 0 radical (unpaired) electrons. The van der Waals surface area contributed by atoms with Crippen LogP contribution in [0, 0.1) is 0 Å². The van der Waals surface area contributed by atoms with Crippen LogP contribution in [0.15, 0.2) is 60.9 Å². The lowest BCUT2D eigenvalue weighted by Crippen LogP contribution is -3.00. The Balaban J connectivity index is 2.01. The summed E-state index contributed by atoms with van der Waals surface area (Å²) < 4.78 is 2.00. The zero-order valence-electron chi connectivity index (χ0n) is 11.6. The van der Waals surface area contributed by atoms with Crippen LogP contribution < -0.4 is 4.90 Å². The average Bonchev–Trinajstić information content (AvgIpc) is 2.97. The number of para-hydroxylation sites is 1. The Labute approximate surface area is 118 Å². The highest BCUT2D eigenvalue weighted by atomic mass is 15.3. The molecule has 1 aromatic heterocycles. The molecule has 3 aromatic rings. The molecule has 3 rings (SSSR count). The van der Waals surface area contributed by atoms with E-state index in [1.165, 1.54) is 10.6 Å². The van der Waals surface area contributed by atoms with E-state index in [0.717, 1.165) is 17.1 Å². The zero-order chi connectivity index (χ0) is 13.9.